The molecule has 0 radical (unpaired) electrons. The Hall–Kier alpha value is -1.98. The van der Waals surface area contributed by atoms with Crippen LogP contribution in [-0.2, 0) is 9.84 Å². The van der Waals surface area contributed by atoms with Gasteiger partial charge >= 0.3 is 0 Å². The fourth-order valence-electron chi connectivity index (χ4n) is 2.57. The van der Waals surface area contributed by atoms with E-state index < -0.39 is 15.8 Å². The van der Waals surface area contributed by atoms with Gasteiger partial charge in [-0.1, -0.05) is 35.9 Å². The van der Waals surface area contributed by atoms with Gasteiger partial charge in [0.25, 0.3) is 5.92 Å². The van der Waals surface area contributed by atoms with Crippen molar-refractivity contribution in [3.8, 4) is 0 Å². The highest BCUT2D eigenvalue weighted by Crippen LogP contribution is 2.42. The molecule has 0 atom stereocenters. The SMILES string of the molecule is CS(=O)(=O)c1ccc(C2=CC(F)(F)C=C2c2ccc(Cl)cc2)cc1. The Morgan fingerprint density at radius 3 is 1.67 bits per heavy atom. The highest BCUT2D eigenvalue weighted by atomic mass is 35.5. The molecule has 0 saturated heterocycles. The molecule has 2 nitrogen and oxygen atoms in total. The molecule has 3 rings (SSSR count). The summed E-state index contributed by atoms with van der Waals surface area (Å²) in [6, 6.07) is 12.5. The van der Waals surface area contributed by atoms with Crippen molar-refractivity contribution in [1.29, 1.82) is 0 Å². The zero-order chi connectivity index (χ0) is 17.5. The Kier molecular flexibility index (Phi) is 4.10. The minimum Gasteiger partial charge on any atom is -0.224 e. The van der Waals surface area contributed by atoms with Crippen molar-refractivity contribution in [2.24, 2.45) is 0 Å². The summed E-state index contributed by atoms with van der Waals surface area (Å²) in [6.45, 7) is 0. The van der Waals surface area contributed by atoms with E-state index in [2.05, 4.69) is 0 Å². The summed E-state index contributed by atoms with van der Waals surface area (Å²) < 4.78 is 50.8. The van der Waals surface area contributed by atoms with Gasteiger partial charge in [0.1, 0.15) is 0 Å². The Morgan fingerprint density at radius 1 is 0.833 bits per heavy atom. The molecule has 0 N–H and O–H groups in total. The average molecular weight is 367 g/mol. The molecule has 0 aliphatic heterocycles. The van der Waals surface area contributed by atoms with Crippen LogP contribution in [0.4, 0.5) is 8.78 Å². The number of sulfone groups is 1. The molecule has 0 saturated carbocycles. The van der Waals surface area contributed by atoms with Crippen molar-refractivity contribution in [2.45, 2.75) is 10.8 Å². The lowest BCUT2D eigenvalue weighted by molar-refractivity contribution is 0.115. The van der Waals surface area contributed by atoms with Crippen LogP contribution in [0, 0.1) is 0 Å². The lowest BCUT2D eigenvalue weighted by atomic mass is 9.95. The van der Waals surface area contributed by atoms with E-state index in [-0.39, 0.29) is 4.90 Å². The fourth-order valence-corrected chi connectivity index (χ4v) is 3.33. The van der Waals surface area contributed by atoms with Gasteiger partial charge in [-0.2, -0.15) is 8.78 Å². The van der Waals surface area contributed by atoms with Crippen LogP contribution in [0.1, 0.15) is 11.1 Å². The van der Waals surface area contributed by atoms with E-state index in [9.17, 15) is 17.2 Å². The van der Waals surface area contributed by atoms with Crippen LogP contribution in [0.5, 0.6) is 0 Å². The molecule has 2 aromatic rings. The summed E-state index contributed by atoms with van der Waals surface area (Å²) in [5.41, 5.74) is 1.90. The number of benzene rings is 2. The predicted octanol–water partition coefficient (Wildman–Crippen LogP) is 4.86. The minimum absolute atomic E-state index is 0.147. The molecule has 0 amide bonds. The highest BCUT2D eigenvalue weighted by Gasteiger charge is 2.32. The molecule has 1 aliphatic rings. The predicted molar refractivity (Wildman–Crippen MR) is 91.9 cm³/mol. The second-order valence-corrected chi connectivity index (χ2v) is 8.05. The third-order valence-electron chi connectivity index (χ3n) is 3.71. The molecule has 6 heteroatoms. The van der Waals surface area contributed by atoms with Crippen molar-refractivity contribution in [3.63, 3.8) is 0 Å². The first-order valence-corrected chi connectivity index (χ1v) is 9.33. The third-order valence-corrected chi connectivity index (χ3v) is 5.09. The molecule has 124 valence electrons. The maximum absolute atomic E-state index is 13.9. The van der Waals surface area contributed by atoms with E-state index in [0.717, 1.165) is 18.4 Å². The van der Waals surface area contributed by atoms with Gasteiger partial charge in [0, 0.05) is 11.3 Å². The number of allylic oxidation sites excluding steroid dienone is 4. The highest BCUT2D eigenvalue weighted by molar-refractivity contribution is 7.90. The number of hydrogen-bond acceptors (Lipinski definition) is 2. The molecule has 0 aromatic heterocycles. The van der Waals surface area contributed by atoms with E-state index in [1.165, 1.54) is 24.3 Å². The lowest BCUT2D eigenvalue weighted by Crippen LogP contribution is -2.03. The Morgan fingerprint density at radius 2 is 1.25 bits per heavy atom. The van der Waals surface area contributed by atoms with E-state index in [1.807, 2.05) is 0 Å². The van der Waals surface area contributed by atoms with Gasteiger partial charge in [-0.05, 0) is 58.7 Å². The first-order valence-electron chi connectivity index (χ1n) is 7.06. The van der Waals surface area contributed by atoms with Crippen molar-refractivity contribution in [2.75, 3.05) is 6.26 Å². The zero-order valence-corrected chi connectivity index (χ0v) is 14.2. The number of hydrogen-bond donors (Lipinski definition) is 0. The fraction of sp³-hybridized carbons (Fsp3) is 0.111. The average Bonchev–Trinajstić information content (AvgIpc) is 2.83. The smallest absolute Gasteiger partial charge is 0.224 e. The molecule has 0 unspecified atom stereocenters. The Labute approximate surface area is 144 Å². The van der Waals surface area contributed by atoms with Gasteiger partial charge < -0.3 is 0 Å². The van der Waals surface area contributed by atoms with Crippen LogP contribution in [0.25, 0.3) is 11.1 Å². The first-order chi connectivity index (χ1) is 11.2. The number of halogens is 3. The maximum Gasteiger partial charge on any atom is 0.286 e. The van der Waals surface area contributed by atoms with Crippen molar-refractivity contribution in [3.05, 3.63) is 76.8 Å². The Balaban J connectivity index is 2.05. The van der Waals surface area contributed by atoms with Crippen LogP contribution < -0.4 is 0 Å². The standard InChI is InChI=1S/C18H13ClF2O2S/c1-24(22,23)15-8-4-13(5-9-15)17-11-18(20,21)10-16(17)12-2-6-14(19)7-3-12/h2-11H,1H3. The summed E-state index contributed by atoms with van der Waals surface area (Å²) in [5.74, 6) is -3.06. The summed E-state index contributed by atoms with van der Waals surface area (Å²) in [5, 5.41) is 0.521. The molecule has 0 fully saturated rings. The first kappa shape index (κ1) is 16.9. The van der Waals surface area contributed by atoms with Gasteiger partial charge in [-0.15, -0.1) is 0 Å². The molecule has 0 heterocycles. The largest absolute Gasteiger partial charge is 0.286 e. The van der Waals surface area contributed by atoms with Crippen LogP contribution in [0.2, 0.25) is 5.02 Å². The second kappa shape index (κ2) is 5.83. The Bertz CT molecular complexity index is 942. The summed E-state index contributed by atoms with van der Waals surface area (Å²) in [7, 11) is -3.33. The summed E-state index contributed by atoms with van der Waals surface area (Å²) in [6.07, 6.45) is 2.88. The molecule has 24 heavy (non-hydrogen) atoms. The van der Waals surface area contributed by atoms with E-state index in [4.69, 9.17) is 11.6 Å². The van der Waals surface area contributed by atoms with Gasteiger partial charge in [0.15, 0.2) is 9.84 Å². The van der Waals surface area contributed by atoms with Gasteiger partial charge in [-0.25, -0.2) is 8.42 Å². The quantitative estimate of drug-likeness (QED) is 0.777. The van der Waals surface area contributed by atoms with Crippen molar-refractivity contribution < 1.29 is 17.2 Å². The topological polar surface area (TPSA) is 34.1 Å². The molecule has 1 aliphatic carbocycles. The van der Waals surface area contributed by atoms with Gasteiger partial charge in [0.05, 0.1) is 4.90 Å². The molecule has 0 bridgehead atoms. The normalized spacial score (nSPS) is 16.7. The zero-order valence-electron chi connectivity index (χ0n) is 12.6. The second-order valence-electron chi connectivity index (χ2n) is 5.59. The van der Waals surface area contributed by atoms with E-state index >= 15 is 0 Å². The maximum atomic E-state index is 13.9. The van der Waals surface area contributed by atoms with Crippen molar-refractivity contribution in [1.82, 2.24) is 0 Å². The van der Waals surface area contributed by atoms with Crippen LogP contribution in [-0.4, -0.2) is 20.6 Å². The number of alkyl halides is 2. The molecule has 2 aromatic carbocycles. The van der Waals surface area contributed by atoms with E-state index in [0.29, 0.717) is 27.3 Å². The summed E-state index contributed by atoms with van der Waals surface area (Å²) >= 11 is 5.85. The summed E-state index contributed by atoms with van der Waals surface area (Å²) in [4.78, 5) is 0.147. The van der Waals surface area contributed by atoms with Gasteiger partial charge in [-0.3, -0.25) is 0 Å². The van der Waals surface area contributed by atoms with Gasteiger partial charge in [0.2, 0.25) is 0 Å². The third kappa shape index (κ3) is 3.42. The van der Waals surface area contributed by atoms with E-state index in [1.54, 1.807) is 24.3 Å². The monoisotopic (exact) mass is 366 g/mol. The molecular weight excluding hydrogens is 354 g/mol. The molecular formula is C18H13ClF2O2S. The lowest BCUT2D eigenvalue weighted by Gasteiger charge is -2.10. The molecule has 0 spiro atoms. The number of rotatable bonds is 3. The van der Waals surface area contributed by atoms with Crippen LogP contribution in [0.15, 0.2) is 65.6 Å². The van der Waals surface area contributed by atoms with Crippen LogP contribution in [0.3, 0.4) is 0 Å². The van der Waals surface area contributed by atoms with Crippen molar-refractivity contribution >= 4 is 32.6 Å². The van der Waals surface area contributed by atoms with Crippen LogP contribution >= 0.6 is 11.6 Å². The minimum atomic E-state index is -3.33.